The van der Waals surface area contributed by atoms with E-state index in [0.717, 1.165) is 4.70 Å². The number of thiazole rings is 1. The van der Waals surface area contributed by atoms with Crippen LogP contribution < -0.4 is 10.0 Å². The molecule has 2 aromatic rings. The third-order valence-electron chi connectivity index (χ3n) is 3.10. The lowest BCUT2D eigenvalue weighted by Crippen LogP contribution is -2.48. The first-order chi connectivity index (χ1) is 9.58. The van der Waals surface area contributed by atoms with Crippen LogP contribution in [0.5, 0.6) is 0 Å². The van der Waals surface area contributed by atoms with Crippen LogP contribution in [0.2, 0.25) is 5.02 Å². The Morgan fingerprint density at radius 1 is 1.35 bits per heavy atom. The normalized spacial score (nSPS) is 17.4. The van der Waals surface area contributed by atoms with Gasteiger partial charge in [-0.25, -0.2) is 4.98 Å². The molecule has 1 fully saturated rings. The molecule has 0 radical (unpaired) electrons. The minimum Gasteiger partial charge on any atom is -0.314 e. The number of hydrogen-bond donors (Lipinski definition) is 2. The highest BCUT2D eigenvalue weighted by molar-refractivity contribution is 7.90. The second-order valence-electron chi connectivity index (χ2n) is 4.38. The van der Waals surface area contributed by atoms with Crippen LogP contribution in [0.4, 0.5) is 5.69 Å². The first-order valence-electron chi connectivity index (χ1n) is 6.08. The Kier molecular flexibility index (Phi) is 3.83. The number of nitrogens with one attached hydrogen (secondary N) is 2. The SMILES string of the molecule is O=S(=O)(Nc1c(Cl)ccc2scnc12)N1CCNCC1. The Balaban J connectivity index is 1.96. The molecule has 6 nitrogen and oxygen atoms in total. The standard InChI is InChI=1S/C11H13ClN4O2S2/c12-8-1-2-9-11(14-7-19-9)10(8)15-20(17,18)16-5-3-13-4-6-16/h1-2,7,13,15H,3-6H2. The summed E-state index contributed by atoms with van der Waals surface area (Å²) >= 11 is 7.56. The number of piperazine rings is 1. The van der Waals surface area contributed by atoms with Crippen molar-refractivity contribution in [1.82, 2.24) is 14.6 Å². The molecule has 1 aromatic heterocycles. The van der Waals surface area contributed by atoms with E-state index >= 15 is 0 Å². The summed E-state index contributed by atoms with van der Waals surface area (Å²) in [5, 5.41) is 3.47. The number of aromatic nitrogens is 1. The lowest BCUT2D eigenvalue weighted by atomic mass is 10.3. The zero-order chi connectivity index (χ0) is 14.2. The van der Waals surface area contributed by atoms with E-state index in [9.17, 15) is 8.42 Å². The third-order valence-corrected chi connectivity index (χ3v) is 5.71. The molecule has 108 valence electrons. The van der Waals surface area contributed by atoms with Crippen molar-refractivity contribution in [2.24, 2.45) is 0 Å². The van der Waals surface area contributed by atoms with Gasteiger partial charge in [0.05, 0.1) is 20.9 Å². The van der Waals surface area contributed by atoms with Gasteiger partial charge in [0.15, 0.2) is 0 Å². The monoisotopic (exact) mass is 332 g/mol. The molecule has 1 aliphatic rings. The number of rotatable bonds is 3. The van der Waals surface area contributed by atoms with Crippen LogP contribution in [-0.4, -0.2) is 43.9 Å². The van der Waals surface area contributed by atoms with E-state index in [0.29, 0.717) is 42.4 Å². The maximum Gasteiger partial charge on any atom is 0.301 e. The Morgan fingerprint density at radius 3 is 2.85 bits per heavy atom. The van der Waals surface area contributed by atoms with Gasteiger partial charge in [-0.3, -0.25) is 4.72 Å². The Bertz CT molecular complexity index is 725. The summed E-state index contributed by atoms with van der Waals surface area (Å²) in [5.74, 6) is 0. The summed E-state index contributed by atoms with van der Waals surface area (Å²) in [6.45, 7) is 2.19. The highest BCUT2D eigenvalue weighted by Gasteiger charge is 2.25. The highest BCUT2D eigenvalue weighted by Crippen LogP contribution is 2.33. The molecule has 2 heterocycles. The molecule has 20 heavy (non-hydrogen) atoms. The smallest absolute Gasteiger partial charge is 0.301 e. The number of hydrogen-bond acceptors (Lipinski definition) is 5. The fourth-order valence-corrected chi connectivity index (χ4v) is 4.28. The Hall–Kier alpha value is -0.930. The number of nitrogens with zero attached hydrogens (tertiary/aromatic N) is 2. The first-order valence-corrected chi connectivity index (χ1v) is 8.78. The topological polar surface area (TPSA) is 74.3 Å². The molecular formula is C11H13ClN4O2S2. The highest BCUT2D eigenvalue weighted by atomic mass is 35.5. The molecule has 0 bridgehead atoms. The van der Waals surface area contributed by atoms with Crippen LogP contribution in [-0.2, 0) is 10.2 Å². The molecule has 0 amide bonds. The molecule has 0 aliphatic carbocycles. The molecule has 0 spiro atoms. The van der Waals surface area contributed by atoms with Crippen molar-refractivity contribution in [3.63, 3.8) is 0 Å². The summed E-state index contributed by atoms with van der Waals surface area (Å²) in [5.41, 5.74) is 2.61. The predicted molar refractivity (Wildman–Crippen MR) is 81.6 cm³/mol. The summed E-state index contributed by atoms with van der Waals surface area (Å²) in [6.07, 6.45) is 0. The van der Waals surface area contributed by atoms with Crippen molar-refractivity contribution in [2.45, 2.75) is 0 Å². The molecular weight excluding hydrogens is 320 g/mol. The quantitative estimate of drug-likeness (QED) is 0.893. The maximum atomic E-state index is 12.4. The fraction of sp³-hybridized carbons (Fsp3) is 0.364. The van der Waals surface area contributed by atoms with Gasteiger partial charge in [0, 0.05) is 26.2 Å². The summed E-state index contributed by atoms with van der Waals surface area (Å²) < 4.78 is 29.6. The van der Waals surface area contributed by atoms with Gasteiger partial charge in [0.2, 0.25) is 0 Å². The van der Waals surface area contributed by atoms with Crippen molar-refractivity contribution < 1.29 is 8.42 Å². The van der Waals surface area contributed by atoms with Gasteiger partial charge < -0.3 is 5.32 Å². The molecule has 1 aliphatic heterocycles. The Labute approximate surface area is 125 Å². The second kappa shape index (κ2) is 5.45. The fourth-order valence-electron chi connectivity index (χ4n) is 2.08. The van der Waals surface area contributed by atoms with E-state index < -0.39 is 10.2 Å². The van der Waals surface area contributed by atoms with Crippen LogP contribution >= 0.6 is 22.9 Å². The van der Waals surface area contributed by atoms with Crippen molar-refractivity contribution >= 4 is 49.1 Å². The van der Waals surface area contributed by atoms with Crippen LogP contribution in [0.3, 0.4) is 0 Å². The molecule has 3 rings (SSSR count). The number of benzene rings is 1. The molecule has 0 saturated carbocycles. The van der Waals surface area contributed by atoms with Gasteiger partial charge in [-0.15, -0.1) is 11.3 Å². The third kappa shape index (κ3) is 2.61. The second-order valence-corrected chi connectivity index (χ2v) is 7.34. The minimum absolute atomic E-state index is 0.349. The molecule has 1 aromatic carbocycles. The average Bonchev–Trinajstić information content (AvgIpc) is 2.92. The van der Waals surface area contributed by atoms with E-state index in [2.05, 4.69) is 15.0 Å². The lowest BCUT2D eigenvalue weighted by Gasteiger charge is -2.27. The van der Waals surface area contributed by atoms with Crippen molar-refractivity contribution in [1.29, 1.82) is 0 Å². The molecule has 2 N–H and O–H groups in total. The van der Waals surface area contributed by atoms with Crippen LogP contribution in [0.1, 0.15) is 0 Å². The van der Waals surface area contributed by atoms with Crippen LogP contribution in [0.15, 0.2) is 17.6 Å². The largest absolute Gasteiger partial charge is 0.314 e. The predicted octanol–water partition coefficient (Wildman–Crippen LogP) is 1.51. The van der Waals surface area contributed by atoms with Gasteiger partial charge in [-0.05, 0) is 12.1 Å². The van der Waals surface area contributed by atoms with E-state index in [1.54, 1.807) is 11.6 Å². The Morgan fingerprint density at radius 2 is 2.10 bits per heavy atom. The zero-order valence-electron chi connectivity index (χ0n) is 10.5. The molecule has 9 heteroatoms. The van der Waals surface area contributed by atoms with Gasteiger partial charge in [0.25, 0.3) is 0 Å². The number of halogens is 1. The molecule has 0 atom stereocenters. The van der Waals surface area contributed by atoms with Gasteiger partial charge in [-0.1, -0.05) is 11.6 Å². The van der Waals surface area contributed by atoms with Gasteiger partial charge in [-0.2, -0.15) is 12.7 Å². The minimum atomic E-state index is -3.60. The van der Waals surface area contributed by atoms with E-state index in [4.69, 9.17) is 11.6 Å². The summed E-state index contributed by atoms with van der Waals surface area (Å²) in [7, 11) is -3.60. The van der Waals surface area contributed by atoms with E-state index in [1.165, 1.54) is 15.6 Å². The van der Waals surface area contributed by atoms with Crippen molar-refractivity contribution in [3.05, 3.63) is 22.7 Å². The van der Waals surface area contributed by atoms with Gasteiger partial charge >= 0.3 is 10.2 Å². The molecule has 1 saturated heterocycles. The van der Waals surface area contributed by atoms with E-state index in [1.807, 2.05) is 6.07 Å². The van der Waals surface area contributed by atoms with E-state index in [-0.39, 0.29) is 0 Å². The number of anilines is 1. The van der Waals surface area contributed by atoms with Crippen molar-refractivity contribution in [3.8, 4) is 0 Å². The molecule has 0 unspecified atom stereocenters. The number of fused-ring (bicyclic) bond motifs is 1. The average molecular weight is 333 g/mol. The maximum absolute atomic E-state index is 12.4. The van der Waals surface area contributed by atoms with Crippen LogP contribution in [0.25, 0.3) is 10.2 Å². The van der Waals surface area contributed by atoms with Gasteiger partial charge in [0.1, 0.15) is 5.52 Å². The zero-order valence-corrected chi connectivity index (χ0v) is 12.9. The summed E-state index contributed by atoms with van der Waals surface area (Å²) in [6, 6.07) is 3.51. The van der Waals surface area contributed by atoms with Crippen LogP contribution in [0, 0.1) is 0 Å². The first kappa shape index (κ1) is 14.0. The summed E-state index contributed by atoms with van der Waals surface area (Å²) in [4.78, 5) is 4.19. The lowest BCUT2D eigenvalue weighted by molar-refractivity contribution is 0.362. The van der Waals surface area contributed by atoms with Crippen molar-refractivity contribution in [2.75, 3.05) is 30.9 Å².